The van der Waals surface area contributed by atoms with Crippen molar-refractivity contribution in [3.63, 3.8) is 0 Å². The van der Waals surface area contributed by atoms with Crippen molar-refractivity contribution < 1.29 is 13.2 Å². The molecule has 0 saturated carbocycles. The molecular weight excluding hydrogens is 400 g/mol. The van der Waals surface area contributed by atoms with Crippen molar-refractivity contribution in [2.75, 3.05) is 52.1 Å². The van der Waals surface area contributed by atoms with E-state index in [2.05, 4.69) is 10.2 Å². The lowest BCUT2D eigenvalue weighted by Crippen LogP contribution is -2.43. The Kier molecular flexibility index (Phi) is 9.01. The number of hydrogen-bond acceptors (Lipinski definition) is 4. The number of hydrogen-bond donors (Lipinski definition) is 1. The molecule has 1 N–H and O–H groups in total. The maximum Gasteiger partial charge on any atom is 0.317 e. The van der Waals surface area contributed by atoms with Gasteiger partial charge < -0.3 is 10.2 Å². The topological polar surface area (TPSA) is 73.0 Å². The fraction of sp³-hybridized carbons (Fsp3) is 0.632. The monoisotopic (exact) mass is 430 g/mol. The summed E-state index contributed by atoms with van der Waals surface area (Å²) in [5.74, 6) is 0.0934. The van der Waals surface area contributed by atoms with Gasteiger partial charge in [0.2, 0.25) is 10.0 Å². The number of halogens is 1. The quantitative estimate of drug-likeness (QED) is 0.642. The highest BCUT2D eigenvalue weighted by atomic mass is 35.5. The fourth-order valence-electron chi connectivity index (χ4n) is 3.15. The molecule has 2 amide bonds. The van der Waals surface area contributed by atoms with Gasteiger partial charge in [0.1, 0.15) is 0 Å². The molecule has 1 fully saturated rings. The van der Waals surface area contributed by atoms with Gasteiger partial charge in [0.25, 0.3) is 0 Å². The Morgan fingerprint density at radius 3 is 2.57 bits per heavy atom. The number of carbonyl (C=O) groups is 1. The van der Waals surface area contributed by atoms with Gasteiger partial charge in [-0.05, 0) is 37.5 Å². The average molecular weight is 431 g/mol. The van der Waals surface area contributed by atoms with Crippen LogP contribution in [0.5, 0.6) is 0 Å². The maximum absolute atomic E-state index is 12.4. The highest BCUT2D eigenvalue weighted by Gasteiger charge is 2.19. The predicted octanol–water partition coefficient (Wildman–Crippen LogP) is 2.23. The van der Waals surface area contributed by atoms with E-state index in [1.807, 2.05) is 29.2 Å². The largest absolute Gasteiger partial charge is 0.338 e. The molecule has 0 unspecified atom stereocenters. The minimum Gasteiger partial charge on any atom is -0.338 e. The summed E-state index contributed by atoms with van der Waals surface area (Å²) >= 11 is 5.94. The molecule has 0 atom stereocenters. The second-order valence-corrected chi connectivity index (χ2v) is 9.85. The number of benzene rings is 1. The van der Waals surface area contributed by atoms with E-state index in [0.29, 0.717) is 26.1 Å². The smallest absolute Gasteiger partial charge is 0.317 e. The van der Waals surface area contributed by atoms with E-state index in [1.165, 1.54) is 9.87 Å². The van der Waals surface area contributed by atoms with Crippen LogP contribution >= 0.6 is 11.6 Å². The summed E-state index contributed by atoms with van der Waals surface area (Å²) < 4.78 is 24.8. The van der Waals surface area contributed by atoms with Crippen molar-refractivity contribution in [2.24, 2.45) is 0 Å². The summed E-state index contributed by atoms with van der Waals surface area (Å²) in [6.07, 6.45) is 1.52. The Morgan fingerprint density at radius 1 is 1.18 bits per heavy atom. The maximum atomic E-state index is 12.4. The van der Waals surface area contributed by atoms with Crippen LogP contribution in [-0.2, 0) is 16.6 Å². The Labute approximate surface area is 173 Å². The molecule has 1 aliphatic rings. The van der Waals surface area contributed by atoms with Gasteiger partial charge >= 0.3 is 6.03 Å². The Bertz CT molecular complexity index is 727. The van der Waals surface area contributed by atoms with Crippen LogP contribution in [0.2, 0.25) is 5.02 Å². The van der Waals surface area contributed by atoms with E-state index < -0.39 is 10.0 Å². The molecule has 2 rings (SSSR count). The summed E-state index contributed by atoms with van der Waals surface area (Å²) in [7, 11) is -1.59. The molecule has 158 valence electrons. The zero-order valence-corrected chi connectivity index (χ0v) is 18.3. The molecule has 0 bridgehead atoms. The van der Waals surface area contributed by atoms with E-state index in [-0.39, 0.29) is 11.8 Å². The molecule has 0 spiro atoms. The summed E-state index contributed by atoms with van der Waals surface area (Å²) in [5.41, 5.74) is 1.22. The number of sulfonamides is 1. The molecule has 1 aromatic rings. The van der Waals surface area contributed by atoms with Gasteiger partial charge in [-0.3, -0.25) is 4.90 Å². The Balaban J connectivity index is 1.71. The highest BCUT2D eigenvalue weighted by Crippen LogP contribution is 2.13. The van der Waals surface area contributed by atoms with Crippen molar-refractivity contribution >= 4 is 27.7 Å². The lowest BCUT2D eigenvalue weighted by molar-refractivity contribution is 0.197. The molecule has 1 aliphatic heterocycles. The first-order valence-corrected chi connectivity index (χ1v) is 11.7. The predicted molar refractivity (Wildman–Crippen MR) is 113 cm³/mol. The van der Waals surface area contributed by atoms with Crippen LogP contribution in [0.15, 0.2) is 24.3 Å². The van der Waals surface area contributed by atoms with E-state index in [4.69, 9.17) is 11.6 Å². The summed E-state index contributed by atoms with van der Waals surface area (Å²) in [4.78, 5) is 16.6. The third kappa shape index (κ3) is 7.24. The van der Waals surface area contributed by atoms with Crippen molar-refractivity contribution in [3.8, 4) is 0 Å². The second kappa shape index (κ2) is 11.0. The number of nitrogens with zero attached hydrogens (tertiary/aromatic N) is 3. The molecule has 0 radical (unpaired) electrons. The molecule has 0 aromatic heterocycles. The van der Waals surface area contributed by atoms with E-state index in [9.17, 15) is 13.2 Å². The van der Waals surface area contributed by atoms with Crippen molar-refractivity contribution in [3.05, 3.63) is 34.9 Å². The minimum absolute atomic E-state index is 0.0747. The number of urea groups is 1. The number of nitrogens with one attached hydrogen (secondary N) is 1. The van der Waals surface area contributed by atoms with Crippen LogP contribution in [0.25, 0.3) is 0 Å². The van der Waals surface area contributed by atoms with Crippen LogP contribution < -0.4 is 5.32 Å². The van der Waals surface area contributed by atoms with Crippen molar-refractivity contribution in [1.29, 1.82) is 0 Å². The lowest BCUT2D eigenvalue weighted by Gasteiger charge is -2.23. The highest BCUT2D eigenvalue weighted by molar-refractivity contribution is 7.89. The molecule has 0 aliphatic carbocycles. The van der Waals surface area contributed by atoms with E-state index in [1.54, 1.807) is 14.0 Å². The van der Waals surface area contributed by atoms with Gasteiger partial charge in [0.05, 0.1) is 5.75 Å². The molecule has 28 heavy (non-hydrogen) atoms. The van der Waals surface area contributed by atoms with Crippen LogP contribution in [0.4, 0.5) is 4.79 Å². The van der Waals surface area contributed by atoms with Gasteiger partial charge in [0, 0.05) is 57.9 Å². The zero-order valence-electron chi connectivity index (χ0n) is 16.7. The standard InChI is InChI=1S/C19H31ClN4O3S/c1-3-28(26,27)22(2)11-4-10-21-19(25)24-13-5-12-23(14-15-24)16-17-6-8-18(20)9-7-17/h6-9H,3-5,10-16H2,1-2H3,(H,21,25). The SMILES string of the molecule is CCS(=O)(=O)N(C)CCCNC(=O)N1CCCN(Cc2ccc(Cl)cc2)CC1. The van der Waals surface area contributed by atoms with Gasteiger partial charge in [0.15, 0.2) is 0 Å². The van der Waals surface area contributed by atoms with Gasteiger partial charge in [-0.25, -0.2) is 17.5 Å². The molecule has 1 heterocycles. The first-order chi connectivity index (χ1) is 13.3. The molecule has 7 nitrogen and oxygen atoms in total. The fourth-order valence-corrected chi connectivity index (χ4v) is 4.12. The first-order valence-electron chi connectivity index (χ1n) is 9.75. The molecule has 1 aromatic carbocycles. The van der Waals surface area contributed by atoms with Crippen LogP contribution in [0, 0.1) is 0 Å². The first kappa shape index (κ1) is 22.9. The average Bonchev–Trinajstić information content (AvgIpc) is 2.92. The second-order valence-electron chi connectivity index (χ2n) is 7.05. The van der Waals surface area contributed by atoms with E-state index >= 15 is 0 Å². The van der Waals surface area contributed by atoms with Crippen LogP contribution in [0.1, 0.15) is 25.3 Å². The normalized spacial score (nSPS) is 16.2. The zero-order chi connectivity index (χ0) is 20.6. The van der Waals surface area contributed by atoms with Crippen LogP contribution in [-0.4, -0.2) is 80.6 Å². The van der Waals surface area contributed by atoms with Gasteiger partial charge in [-0.2, -0.15) is 0 Å². The Morgan fingerprint density at radius 2 is 1.89 bits per heavy atom. The van der Waals surface area contributed by atoms with Gasteiger partial charge in [-0.1, -0.05) is 23.7 Å². The third-order valence-electron chi connectivity index (χ3n) is 4.96. The van der Waals surface area contributed by atoms with Crippen LogP contribution in [0.3, 0.4) is 0 Å². The number of carbonyl (C=O) groups excluding carboxylic acids is 1. The summed E-state index contributed by atoms with van der Waals surface area (Å²) in [6, 6.07) is 7.80. The van der Waals surface area contributed by atoms with Crippen molar-refractivity contribution in [1.82, 2.24) is 19.4 Å². The summed E-state index contributed by atoms with van der Waals surface area (Å²) in [6.45, 7) is 6.54. The Hall–Kier alpha value is -1.35. The van der Waals surface area contributed by atoms with Crippen molar-refractivity contribution in [2.45, 2.75) is 26.3 Å². The summed E-state index contributed by atoms with van der Waals surface area (Å²) in [5, 5.41) is 3.65. The lowest BCUT2D eigenvalue weighted by atomic mass is 10.2. The number of rotatable bonds is 8. The van der Waals surface area contributed by atoms with Gasteiger partial charge in [-0.15, -0.1) is 0 Å². The molecule has 1 saturated heterocycles. The molecular formula is C19H31ClN4O3S. The third-order valence-corrected chi connectivity index (χ3v) is 7.07. The minimum atomic E-state index is -3.16. The van der Waals surface area contributed by atoms with E-state index in [0.717, 1.165) is 37.6 Å². The number of amides is 2. The molecule has 9 heteroatoms.